The number of rotatable bonds is 8. The van der Waals surface area contributed by atoms with Crippen LogP contribution in [0.5, 0.6) is 11.5 Å². The molecule has 2 aromatic carbocycles. The van der Waals surface area contributed by atoms with Crippen molar-refractivity contribution in [3.63, 3.8) is 0 Å². The van der Waals surface area contributed by atoms with Gasteiger partial charge < -0.3 is 14.2 Å². The summed E-state index contributed by atoms with van der Waals surface area (Å²) < 4.78 is 43.5. The maximum atomic E-state index is 12.9. The van der Waals surface area contributed by atoms with E-state index < -0.39 is 22.0 Å². The van der Waals surface area contributed by atoms with Crippen LogP contribution in [0.4, 0.5) is 0 Å². The molecule has 0 bridgehead atoms. The molecular weight excluding hydrogens is 406 g/mol. The van der Waals surface area contributed by atoms with E-state index in [1.54, 1.807) is 18.2 Å². The van der Waals surface area contributed by atoms with Crippen LogP contribution in [0.25, 0.3) is 0 Å². The van der Waals surface area contributed by atoms with Crippen LogP contribution in [-0.2, 0) is 14.8 Å². The number of methoxy groups -OCH3 is 3. The molecule has 0 amide bonds. The maximum Gasteiger partial charge on any atom is 0.339 e. The molecule has 0 aliphatic rings. The molecule has 0 saturated carbocycles. The molecule has 0 radical (unpaired) electrons. The third kappa shape index (κ3) is 4.76. The standard InChI is InChI=1S/C19H22ClNO6S/c1-5-16(12-6-9-17(25-2)18(10-12)26-3)21-28(23,24)13-7-8-15(20)14(11-13)19(22)27-4/h6-11,16,21H,5H2,1-4H3/t16-/m0/s1. The Morgan fingerprint density at radius 1 is 1.07 bits per heavy atom. The molecule has 1 atom stereocenters. The highest BCUT2D eigenvalue weighted by Crippen LogP contribution is 2.31. The number of ether oxygens (including phenoxy) is 3. The number of esters is 1. The van der Waals surface area contributed by atoms with Crippen LogP contribution < -0.4 is 14.2 Å². The molecule has 0 fully saturated rings. The number of hydrogen-bond donors (Lipinski definition) is 1. The molecule has 0 heterocycles. The van der Waals surface area contributed by atoms with Gasteiger partial charge in [-0.3, -0.25) is 0 Å². The fraction of sp³-hybridized carbons (Fsp3) is 0.316. The van der Waals surface area contributed by atoms with Crippen LogP contribution in [0.2, 0.25) is 5.02 Å². The Kier molecular flexibility index (Phi) is 7.29. The number of halogens is 1. The molecule has 0 aliphatic heterocycles. The van der Waals surface area contributed by atoms with Gasteiger partial charge in [0.15, 0.2) is 11.5 Å². The average molecular weight is 428 g/mol. The van der Waals surface area contributed by atoms with Crippen LogP contribution in [0.15, 0.2) is 41.3 Å². The summed E-state index contributed by atoms with van der Waals surface area (Å²) in [5.41, 5.74) is 0.692. The predicted molar refractivity (Wildman–Crippen MR) is 106 cm³/mol. The van der Waals surface area contributed by atoms with Crippen LogP contribution in [0.3, 0.4) is 0 Å². The summed E-state index contributed by atoms with van der Waals surface area (Å²) in [6.45, 7) is 1.85. The van der Waals surface area contributed by atoms with Crippen LogP contribution in [0.1, 0.15) is 35.3 Å². The zero-order valence-corrected chi connectivity index (χ0v) is 17.6. The highest BCUT2D eigenvalue weighted by Gasteiger charge is 2.23. The van der Waals surface area contributed by atoms with E-state index in [4.69, 9.17) is 21.1 Å². The first-order valence-electron chi connectivity index (χ1n) is 8.39. The lowest BCUT2D eigenvalue weighted by Crippen LogP contribution is -2.28. The molecule has 0 aliphatic carbocycles. The molecule has 0 unspecified atom stereocenters. The fourth-order valence-electron chi connectivity index (χ4n) is 2.65. The second kappa shape index (κ2) is 9.27. The molecule has 9 heteroatoms. The van der Waals surface area contributed by atoms with Crippen molar-refractivity contribution in [2.45, 2.75) is 24.3 Å². The molecular formula is C19H22ClNO6S. The van der Waals surface area contributed by atoms with Gasteiger partial charge in [0, 0.05) is 6.04 Å². The summed E-state index contributed by atoms with van der Waals surface area (Å²) in [4.78, 5) is 11.7. The third-order valence-electron chi connectivity index (χ3n) is 4.17. The van der Waals surface area contributed by atoms with Crippen LogP contribution in [-0.4, -0.2) is 35.7 Å². The van der Waals surface area contributed by atoms with Crippen molar-refractivity contribution in [2.75, 3.05) is 21.3 Å². The minimum atomic E-state index is -3.92. The van der Waals surface area contributed by atoms with Crippen molar-refractivity contribution >= 4 is 27.6 Å². The van der Waals surface area contributed by atoms with Crippen molar-refractivity contribution in [1.29, 1.82) is 0 Å². The highest BCUT2D eigenvalue weighted by atomic mass is 35.5. The lowest BCUT2D eigenvalue weighted by atomic mass is 10.1. The third-order valence-corrected chi connectivity index (χ3v) is 5.97. The van der Waals surface area contributed by atoms with Gasteiger partial charge in [0.1, 0.15) is 0 Å². The monoisotopic (exact) mass is 427 g/mol. The van der Waals surface area contributed by atoms with Crippen molar-refractivity contribution in [3.8, 4) is 11.5 Å². The van der Waals surface area contributed by atoms with Gasteiger partial charge in [-0.15, -0.1) is 0 Å². The van der Waals surface area contributed by atoms with Crippen molar-refractivity contribution < 1.29 is 27.4 Å². The number of nitrogens with one attached hydrogen (secondary N) is 1. The second-order valence-electron chi connectivity index (χ2n) is 5.83. The average Bonchev–Trinajstić information content (AvgIpc) is 2.71. The van der Waals surface area contributed by atoms with E-state index in [1.165, 1.54) is 39.5 Å². The summed E-state index contributed by atoms with van der Waals surface area (Å²) >= 11 is 5.97. The molecule has 7 nitrogen and oxygen atoms in total. The smallest absolute Gasteiger partial charge is 0.339 e. The Morgan fingerprint density at radius 3 is 2.32 bits per heavy atom. The largest absolute Gasteiger partial charge is 0.493 e. The van der Waals surface area contributed by atoms with Gasteiger partial charge in [0.05, 0.1) is 36.8 Å². The molecule has 28 heavy (non-hydrogen) atoms. The van der Waals surface area contributed by atoms with Crippen LogP contribution in [0, 0.1) is 0 Å². The van der Waals surface area contributed by atoms with E-state index in [2.05, 4.69) is 9.46 Å². The van der Waals surface area contributed by atoms with Gasteiger partial charge in [-0.2, -0.15) is 0 Å². The number of sulfonamides is 1. The zero-order valence-electron chi connectivity index (χ0n) is 16.0. The van der Waals surface area contributed by atoms with Gasteiger partial charge in [0.2, 0.25) is 10.0 Å². The molecule has 2 rings (SSSR count). The first kappa shape index (κ1) is 22.0. The van der Waals surface area contributed by atoms with E-state index in [1.807, 2.05) is 6.92 Å². The quantitative estimate of drug-likeness (QED) is 0.647. The first-order chi connectivity index (χ1) is 13.3. The maximum absolute atomic E-state index is 12.9. The normalized spacial score (nSPS) is 12.3. The van der Waals surface area contributed by atoms with Gasteiger partial charge >= 0.3 is 5.97 Å². The van der Waals surface area contributed by atoms with E-state index in [-0.39, 0.29) is 15.5 Å². The number of benzene rings is 2. The van der Waals surface area contributed by atoms with Gasteiger partial charge in [0.25, 0.3) is 0 Å². The summed E-state index contributed by atoms with van der Waals surface area (Å²) in [6.07, 6.45) is 0.492. The molecule has 2 aromatic rings. The minimum absolute atomic E-state index is 0.0220. The van der Waals surface area contributed by atoms with Gasteiger partial charge in [-0.1, -0.05) is 24.6 Å². The van der Waals surface area contributed by atoms with Crippen molar-refractivity contribution in [2.24, 2.45) is 0 Å². The predicted octanol–water partition coefficient (Wildman–Crippen LogP) is 3.57. The molecule has 0 saturated heterocycles. The lowest BCUT2D eigenvalue weighted by molar-refractivity contribution is 0.0600. The Balaban J connectivity index is 2.38. The van der Waals surface area contributed by atoms with E-state index >= 15 is 0 Å². The lowest BCUT2D eigenvalue weighted by Gasteiger charge is -2.19. The summed E-state index contributed by atoms with van der Waals surface area (Å²) in [5.74, 6) is 0.329. The summed E-state index contributed by atoms with van der Waals surface area (Å²) in [7, 11) is 0.306. The number of carbonyl (C=O) groups excluding carboxylic acids is 1. The fourth-order valence-corrected chi connectivity index (χ4v) is 4.18. The topological polar surface area (TPSA) is 90.9 Å². The number of hydrogen-bond acceptors (Lipinski definition) is 6. The Hall–Kier alpha value is -2.29. The minimum Gasteiger partial charge on any atom is -0.493 e. The highest BCUT2D eigenvalue weighted by molar-refractivity contribution is 7.89. The Morgan fingerprint density at radius 2 is 1.75 bits per heavy atom. The van der Waals surface area contributed by atoms with Gasteiger partial charge in [-0.25, -0.2) is 17.9 Å². The first-order valence-corrected chi connectivity index (χ1v) is 10.3. The molecule has 152 valence electrons. The Labute approximate surface area is 169 Å². The van der Waals surface area contributed by atoms with E-state index in [0.29, 0.717) is 23.5 Å². The summed E-state index contributed by atoms with van der Waals surface area (Å²) in [6, 6.07) is 8.55. The van der Waals surface area contributed by atoms with Crippen molar-refractivity contribution in [1.82, 2.24) is 4.72 Å². The van der Waals surface area contributed by atoms with Gasteiger partial charge in [-0.05, 0) is 42.3 Å². The SMILES string of the molecule is CC[C@H](NS(=O)(=O)c1ccc(Cl)c(C(=O)OC)c1)c1ccc(OC)c(OC)c1. The van der Waals surface area contributed by atoms with Crippen LogP contribution >= 0.6 is 11.6 Å². The summed E-state index contributed by atoms with van der Waals surface area (Å²) in [5, 5.41) is 0.109. The van der Waals surface area contributed by atoms with Crippen molar-refractivity contribution in [3.05, 3.63) is 52.5 Å². The molecule has 0 spiro atoms. The number of carbonyl (C=O) groups is 1. The Bertz CT molecular complexity index is 961. The molecule has 1 N–H and O–H groups in total. The van der Waals surface area contributed by atoms with E-state index in [0.717, 1.165) is 0 Å². The zero-order chi connectivity index (χ0) is 20.9. The second-order valence-corrected chi connectivity index (χ2v) is 7.95. The van der Waals surface area contributed by atoms with E-state index in [9.17, 15) is 13.2 Å². The molecule has 0 aromatic heterocycles.